The van der Waals surface area contributed by atoms with Crippen LogP contribution in [0.25, 0.3) is 11.0 Å². The van der Waals surface area contributed by atoms with Crippen LogP contribution in [0.2, 0.25) is 0 Å². The number of carboxylic acid groups (broad SMARTS) is 1. The highest BCUT2D eigenvalue weighted by atomic mass is 16.4. The molecule has 0 saturated heterocycles. The molecule has 28 heavy (non-hydrogen) atoms. The fourth-order valence-corrected chi connectivity index (χ4v) is 3.51. The monoisotopic (exact) mass is 389 g/mol. The summed E-state index contributed by atoms with van der Waals surface area (Å²) < 4.78 is 5.59. The third kappa shape index (κ3) is 4.93. The molecule has 6 nitrogen and oxygen atoms in total. The quantitative estimate of drug-likeness (QED) is 0.417. The Kier molecular flexibility index (Phi) is 7.63. The van der Waals surface area contributed by atoms with E-state index >= 15 is 0 Å². The van der Waals surface area contributed by atoms with E-state index < -0.39 is 12.0 Å². The van der Waals surface area contributed by atoms with Gasteiger partial charge >= 0.3 is 11.6 Å². The first-order valence-electron chi connectivity index (χ1n) is 10.0. The van der Waals surface area contributed by atoms with E-state index in [1.54, 1.807) is 12.1 Å². The van der Waals surface area contributed by atoms with Gasteiger partial charge in [0.1, 0.15) is 17.4 Å². The Morgan fingerprint density at radius 3 is 2.50 bits per heavy atom. The van der Waals surface area contributed by atoms with Crippen molar-refractivity contribution in [2.24, 2.45) is 5.92 Å². The third-order valence-electron chi connectivity index (χ3n) is 5.25. The van der Waals surface area contributed by atoms with Crippen LogP contribution in [0, 0.1) is 12.8 Å². The number of aromatic hydroxyl groups is 1. The van der Waals surface area contributed by atoms with E-state index in [2.05, 4.69) is 12.2 Å². The number of aliphatic carboxylic acids is 1. The average molecular weight is 389 g/mol. The Hall–Kier alpha value is -2.34. The molecule has 0 spiro atoms. The van der Waals surface area contributed by atoms with E-state index in [-0.39, 0.29) is 23.8 Å². The summed E-state index contributed by atoms with van der Waals surface area (Å²) in [7, 11) is 0. The average Bonchev–Trinajstić information content (AvgIpc) is 2.62. The minimum atomic E-state index is -0.957. The summed E-state index contributed by atoms with van der Waals surface area (Å²) in [5, 5.41) is 23.4. The smallest absolute Gasteiger partial charge is 0.339 e. The van der Waals surface area contributed by atoms with Crippen molar-refractivity contribution in [1.29, 1.82) is 0 Å². The summed E-state index contributed by atoms with van der Waals surface area (Å²) in [5.74, 6) is -1.11. The lowest BCUT2D eigenvalue weighted by Gasteiger charge is -2.19. The Balaban J connectivity index is 2.38. The van der Waals surface area contributed by atoms with Crippen LogP contribution >= 0.6 is 0 Å². The van der Waals surface area contributed by atoms with Crippen molar-refractivity contribution in [2.45, 2.75) is 72.4 Å². The largest absolute Gasteiger partial charge is 0.507 e. The number of phenols is 1. The van der Waals surface area contributed by atoms with Gasteiger partial charge in [0.05, 0.1) is 5.56 Å². The standard InChI is InChI=1S/C22H31NO5/c1-5-6-7-8-9-16-14(4)15-10-11-18(24)17(20(15)28-22(16)27)12-23-19(13(2)3)21(25)26/h10-11,13,19,23-24H,5-9,12H2,1-4H3,(H,25,26)/t19-/m0/s1. The molecular weight excluding hydrogens is 358 g/mol. The highest BCUT2D eigenvalue weighted by Gasteiger charge is 2.23. The van der Waals surface area contributed by atoms with E-state index in [1.165, 1.54) is 0 Å². The maximum atomic E-state index is 12.6. The van der Waals surface area contributed by atoms with Crippen molar-refractivity contribution in [3.05, 3.63) is 39.2 Å². The molecular formula is C22H31NO5. The van der Waals surface area contributed by atoms with Gasteiger partial charge in [-0.3, -0.25) is 10.1 Å². The predicted molar refractivity (Wildman–Crippen MR) is 110 cm³/mol. The molecule has 0 aliphatic carbocycles. The molecule has 0 radical (unpaired) electrons. The first-order chi connectivity index (χ1) is 13.3. The zero-order valence-electron chi connectivity index (χ0n) is 17.2. The molecule has 0 bridgehead atoms. The Bertz CT molecular complexity index is 885. The van der Waals surface area contributed by atoms with Gasteiger partial charge in [0.2, 0.25) is 0 Å². The molecule has 1 aromatic heterocycles. The molecule has 0 fully saturated rings. The van der Waals surface area contributed by atoms with Gasteiger partial charge in [0.25, 0.3) is 0 Å². The second-order valence-corrected chi connectivity index (χ2v) is 7.68. The molecule has 0 aliphatic heterocycles. The molecule has 2 rings (SSSR count). The minimum absolute atomic E-state index is 0.0221. The molecule has 1 aromatic carbocycles. The maximum absolute atomic E-state index is 12.6. The number of benzene rings is 1. The van der Waals surface area contributed by atoms with E-state index in [9.17, 15) is 19.8 Å². The summed E-state index contributed by atoms with van der Waals surface area (Å²) in [6.07, 6.45) is 4.96. The minimum Gasteiger partial charge on any atom is -0.507 e. The van der Waals surface area contributed by atoms with Crippen LogP contribution in [-0.4, -0.2) is 22.2 Å². The topological polar surface area (TPSA) is 99.8 Å². The van der Waals surface area contributed by atoms with E-state index in [0.717, 1.165) is 36.6 Å². The number of unbranched alkanes of at least 4 members (excludes halogenated alkanes) is 3. The normalized spacial score (nSPS) is 12.6. The molecule has 6 heteroatoms. The fraction of sp³-hybridized carbons (Fsp3) is 0.545. The Morgan fingerprint density at radius 1 is 1.18 bits per heavy atom. The number of fused-ring (bicyclic) bond motifs is 1. The van der Waals surface area contributed by atoms with Crippen LogP contribution in [-0.2, 0) is 17.8 Å². The number of carboxylic acids is 1. The maximum Gasteiger partial charge on any atom is 0.339 e. The predicted octanol–water partition coefficient (Wildman–Crippen LogP) is 4.13. The molecule has 0 aliphatic rings. The van der Waals surface area contributed by atoms with Gasteiger partial charge in [0, 0.05) is 17.5 Å². The van der Waals surface area contributed by atoms with E-state index in [1.807, 2.05) is 20.8 Å². The summed E-state index contributed by atoms with van der Waals surface area (Å²) >= 11 is 0. The zero-order chi connectivity index (χ0) is 20.8. The SMILES string of the molecule is CCCCCCc1c(C)c2ccc(O)c(CN[C@H](C(=O)O)C(C)C)c2oc1=O. The van der Waals surface area contributed by atoms with Crippen LogP contribution in [0.1, 0.15) is 63.1 Å². The molecule has 2 aromatic rings. The molecule has 0 saturated carbocycles. The van der Waals surface area contributed by atoms with Crippen LogP contribution in [0.4, 0.5) is 0 Å². The molecule has 1 heterocycles. The summed E-state index contributed by atoms with van der Waals surface area (Å²) in [4.78, 5) is 24.0. The molecule has 0 amide bonds. The van der Waals surface area contributed by atoms with Gasteiger partial charge in [-0.2, -0.15) is 0 Å². The Morgan fingerprint density at radius 2 is 1.89 bits per heavy atom. The highest BCUT2D eigenvalue weighted by molar-refractivity contribution is 5.85. The van der Waals surface area contributed by atoms with Gasteiger partial charge in [-0.05, 0) is 43.4 Å². The van der Waals surface area contributed by atoms with Gasteiger partial charge in [-0.25, -0.2) is 4.79 Å². The highest BCUT2D eigenvalue weighted by Crippen LogP contribution is 2.30. The number of phenolic OH excluding ortho intramolecular Hbond substituents is 1. The lowest BCUT2D eigenvalue weighted by Crippen LogP contribution is -2.40. The number of nitrogens with one attached hydrogen (secondary N) is 1. The van der Waals surface area contributed by atoms with Crippen LogP contribution < -0.4 is 10.9 Å². The Labute approximate surface area is 165 Å². The van der Waals surface area contributed by atoms with Crippen LogP contribution in [0.5, 0.6) is 5.75 Å². The van der Waals surface area contributed by atoms with E-state index in [0.29, 0.717) is 23.1 Å². The first kappa shape index (κ1) is 22.0. The number of carbonyl (C=O) groups is 1. The van der Waals surface area contributed by atoms with E-state index in [4.69, 9.17) is 4.42 Å². The summed E-state index contributed by atoms with van der Waals surface area (Å²) in [6, 6.07) is 2.55. The first-order valence-corrected chi connectivity index (χ1v) is 10.0. The summed E-state index contributed by atoms with van der Waals surface area (Å²) in [5.41, 5.74) is 1.88. The number of aryl methyl sites for hydroxylation is 1. The third-order valence-corrected chi connectivity index (χ3v) is 5.25. The molecule has 1 atom stereocenters. The second-order valence-electron chi connectivity index (χ2n) is 7.68. The van der Waals surface area contributed by atoms with Crippen molar-refractivity contribution in [2.75, 3.05) is 0 Å². The number of rotatable bonds is 10. The van der Waals surface area contributed by atoms with Gasteiger partial charge in [0.15, 0.2) is 0 Å². The number of hydrogen-bond donors (Lipinski definition) is 3. The van der Waals surface area contributed by atoms with Crippen molar-refractivity contribution < 1.29 is 19.4 Å². The molecule has 154 valence electrons. The van der Waals surface area contributed by atoms with Crippen molar-refractivity contribution >= 4 is 16.9 Å². The van der Waals surface area contributed by atoms with Crippen molar-refractivity contribution in [1.82, 2.24) is 5.32 Å². The lowest BCUT2D eigenvalue weighted by atomic mass is 9.98. The second kappa shape index (κ2) is 9.73. The van der Waals surface area contributed by atoms with Gasteiger partial charge < -0.3 is 14.6 Å². The van der Waals surface area contributed by atoms with Crippen LogP contribution in [0.15, 0.2) is 21.3 Å². The molecule has 0 unspecified atom stereocenters. The van der Waals surface area contributed by atoms with Gasteiger partial charge in [-0.1, -0.05) is 40.0 Å². The zero-order valence-corrected chi connectivity index (χ0v) is 17.2. The van der Waals surface area contributed by atoms with Crippen molar-refractivity contribution in [3.63, 3.8) is 0 Å². The molecule has 3 N–H and O–H groups in total. The fourth-order valence-electron chi connectivity index (χ4n) is 3.51. The summed E-state index contributed by atoms with van der Waals surface area (Å²) in [6.45, 7) is 7.76. The number of hydrogen-bond acceptors (Lipinski definition) is 5. The lowest BCUT2D eigenvalue weighted by molar-refractivity contribution is -0.140. The van der Waals surface area contributed by atoms with Crippen molar-refractivity contribution in [3.8, 4) is 5.75 Å². The van der Waals surface area contributed by atoms with Crippen LogP contribution in [0.3, 0.4) is 0 Å². The van der Waals surface area contributed by atoms with Gasteiger partial charge in [-0.15, -0.1) is 0 Å².